The van der Waals surface area contributed by atoms with E-state index in [1.807, 2.05) is 4.90 Å². The van der Waals surface area contributed by atoms with Crippen molar-refractivity contribution < 1.29 is 4.79 Å². The van der Waals surface area contributed by atoms with Gasteiger partial charge >= 0.3 is 0 Å². The third-order valence-corrected chi connectivity index (χ3v) is 4.95. The molecule has 2 atom stereocenters. The number of hydrogen-bond acceptors (Lipinski definition) is 3. The largest absolute Gasteiger partial charge is 0.336 e. The Morgan fingerprint density at radius 1 is 1.14 bits per heavy atom. The SMILES string of the molecule is C[C@@H]1CCC[C@@H](N2CCN(C(=O)c3ccncc3)CC2)C1. The predicted octanol–water partition coefficient (Wildman–Crippen LogP) is 2.42. The second kappa shape index (κ2) is 6.56. The summed E-state index contributed by atoms with van der Waals surface area (Å²) in [5.74, 6) is 1.01. The lowest BCUT2D eigenvalue weighted by molar-refractivity contribution is 0.0489. The molecule has 1 aliphatic carbocycles. The molecule has 1 saturated carbocycles. The van der Waals surface area contributed by atoms with Crippen molar-refractivity contribution in [2.24, 2.45) is 5.92 Å². The van der Waals surface area contributed by atoms with Crippen LogP contribution in [0.2, 0.25) is 0 Å². The first-order valence-electron chi connectivity index (χ1n) is 8.17. The van der Waals surface area contributed by atoms with Gasteiger partial charge in [0.2, 0.25) is 0 Å². The van der Waals surface area contributed by atoms with Crippen LogP contribution >= 0.6 is 0 Å². The molecule has 1 aromatic rings. The molecule has 0 unspecified atom stereocenters. The Morgan fingerprint density at radius 3 is 2.52 bits per heavy atom. The molecule has 0 bridgehead atoms. The van der Waals surface area contributed by atoms with Gasteiger partial charge in [-0.25, -0.2) is 0 Å². The van der Waals surface area contributed by atoms with Crippen molar-refractivity contribution in [3.63, 3.8) is 0 Å². The van der Waals surface area contributed by atoms with Gasteiger partial charge in [0.05, 0.1) is 0 Å². The first-order valence-corrected chi connectivity index (χ1v) is 8.17. The van der Waals surface area contributed by atoms with Gasteiger partial charge in [-0.1, -0.05) is 19.8 Å². The van der Waals surface area contributed by atoms with Crippen LogP contribution in [0.4, 0.5) is 0 Å². The molecule has 0 radical (unpaired) electrons. The van der Waals surface area contributed by atoms with Crippen LogP contribution in [0.1, 0.15) is 43.0 Å². The van der Waals surface area contributed by atoms with Crippen LogP contribution in [-0.2, 0) is 0 Å². The molecule has 1 aromatic heterocycles. The predicted molar refractivity (Wildman–Crippen MR) is 83.1 cm³/mol. The molecular weight excluding hydrogens is 262 g/mol. The molecule has 2 heterocycles. The van der Waals surface area contributed by atoms with Gasteiger partial charge in [0, 0.05) is 50.2 Å². The number of pyridine rings is 1. The lowest BCUT2D eigenvalue weighted by Gasteiger charge is -2.42. The van der Waals surface area contributed by atoms with Crippen molar-refractivity contribution in [2.75, 3.05) is 26.2 Å². The molecule has 1 amide bonds. The van der Waals surface area contributed by atoms with E-state index in [-0.39, 0.29) is 5.91 Å². The number of hydrogen-bond donors (Lipinski definition) is 0. The minimum Gasteiger partial charge on any atom is -0.336 e. The van der Waals surface area contributed by atoms with Crippen molar-refractivity contribution in [3.05, 3.63) is 30.1 Å². The first kappa shape index (κ1) is 14.5. The maximum Gasteiger partial charge on any atom is 0.254 e. The quantitative estimate of drug-likeness (QED) is 0.838. The van der Waals surface area contributed by atoms with E-state index in [0.29, 0.717) is 0 Å². The van der Waals surface area contributed by atoms with E-state index in [0.717, 1.165) is 43.7 Å². The van der Waals surface area contributed by atoms with Gasteiger partial charge in [0.1, 0.15) is 0 Å². The normalized spacial score (nSPS) is 27.6. The fourth-order valence-electron chi connectivity index (χ4n) is 3.70. The fourth-order valence-corrected chi connectivity index (χ4v) is 3.70. The molecule has 21 heavy (non-hydrogen) atoms. The molecule has 1 aliphatic heterocycles. The summed E-state index contributed by atoms with van der Waals surface area (Å²) in [5.41, 5.74) is 0.754. The summed E-state index contributed by atoms with van der Waals surface area (Å²) in [6, 6.07) is 4.35. The third-order valence-electron chi connectivity index (χ3n) is 4.95. The van der Waals surface area contributed by atoms with Crippen LogP contribution in [-0.4, -0.2) is 52.9 Å². The van der Waals surface area contributed by atoms with Crippen LogP contribution in [0, 0.1) is 5.92 Å². The summed E-state index contributed by atoms with van der Waals surface area (Å²) in [6.07, 6.45) is 8.79. The lowest BCUT2D eigenvalue weighted by atomic mass is 9.86. The van der Waals surface area contributed by atoms with Crippen LogP contribution in [0.25, 0.3) is 0 Å². The zero-order chi connectivity index (χ0) is 14.7. The zero-order valence-electron chi connectivity index (χ0n) is 12.9. The van der Waals surface area contributed by atoms with Crippen molar-refractivity contribution in [2.45, 2.75) is 38.6 Å². The second-order valence-electron chi connectivity index (χ2n) is 6.49. The van der Waals surface area contributed by atoms with E-state index < -0.39 is 0 Å². The molecule has 2 fully saturated rings. The fraction of sp³-hybridized carbons (Fsp3) is 0.647. The number of piperazine rings is 1. The summed E-state index contributed by atoms with van der Waals surface area (Å²) < 4.78 is 0. The molecule has 0 N–H and O–H groups in total. The van der Waals surface area contributed by atoms with Gasteiger partial charge in [-0.2, -0.15) is 0 Å². The smallest absolute Gasteiger partial charge is 0.254 e. The Hall–Kier alpha value is -1.42. The third kappa shape index (κ3) is 3.43. The van der Waals surface area contributed by atoms with Crippen molar-refractivity contribution in [1.82, 2.24) is 14.8 Å². The molecule has 2 aliphatic rings. The highest BCUT2D eigenvalue weighted by atomic mass is 16.2. The molecule has 4 heteroatoms. The molecule has 114 valence electrons. The Kier molecular flexibility index (Phi) is 4.54. The number of carbonyl (C=O) groups excluding carboxylic acids is 1. The van der Waals surface area contributed by atoms with Crippen molar-refractivity contribution >= 4 is 5.91 Å². The van der Waals surface area contributed by atoms with Crippen LogP contribution < -0.4 is 0 Å². The zero-order valence-corrected chi connectivity index (χ0v) is 12.9. The molecular formula is C17H25N3O. The Morgan fingerprint density at radius 2 is 1.86 bits per heavy atom. The summed E-state index contributed by atoms with van der Waals surface area (Å²) in [7, 11) is 0. The summed E-state index contributed by atoms with van der Waals surface area (Å²) in [6.45, 7) is 6.12. The van der Waals surface area contributed by atoms with E-state index in [4.69, 9.17) is 0 Å². The maximum absolute atomic E-state index is 12.4. The van der Waals surface area contributed by atoms with E-state index in [1.165, 1.54) is 25.7 Å². The lowest BCUT2D eigenvalue weighted by Crippen LogP contribution is -2.52. The molecule has 0 aromatic carbocycles. The van der Waals surface area contributed by atoms with E-state index in [9.17, 15) is 4.79 Å². The van der Waals surface area contributed by atoms with Crippen molar-refractivity contribution in [1.29, 1.82) is 0 Å². The van der Waals surface area contributed by atoms with Gasteiger partial charge in [0.25, 0.3) is 5.91 Å². The van der Waals surface area contributed by atoms with E-state index >= 15 is 0 Å². The second-order valence-corrected chi connectivity index (χ2v) is 6.49. The van der Waals surface area contributed by atoms with Crippen molar-refractivity contribution in [3.8, 4) is 0 Å². The first-order chi connectivity index (χ1) is 10.2. The van der Waals surface area contributed by atoms with Crippen LogP contribution in [0.5, 0.6) is 0 Å². The standard InChI is InChI=1S/C17H25N3O/c1-14-3-2-4-16(13-14)19-9-11-20(12-10-19)17(21)15-5-7-18-8-6-15/h5-8,14,16H,2-4,9-13H2,1H3/t14-,16-/m1/s1. The summed E-state index contributed by atoms with van der Waals surface area (Å²) in [4.78, 5) is 21.0. The monoisotopic (exact) mass is 287 g/mol. The van der Waals surface area contributed by atoms with E-state index in [1.54, 1.807) is 24.5 Å². The van der Waals surface area contributed by atoms with E-state index in [2.05, 4.69) is 16.8 Å². The number of amides is 1. The van der Waals surface area contributed by atoms with Gasteiger partial charge < -0.3 is 4.90 Å². The highest BCUT2D eigenvalue weighted by Gasteiger charge is 2.29. The molecule has 0 spiro atoms. The number of aromatic nitrogens is 1. The Balaban J connectivity index is 1.54. The van der Waals surface area contributed by atoms with Crippen LogP contribution in [0.3, 0.4) is 0 Å². The van der Waals surface area contributed by atoms with Gasteiger partial charge in [0.15, 0.2) is 0 Å². The van der Waals surface area contributed by atoms with Gasteiger partial charge in [-0.3, -0.25) is 14.7 Å². The summed E-state index contributed by atoms with van der Waals surface area (Å²) in [5, 5.41) is 0. The van der Waals surface area contributed by atoms with Gasteiger partial charge in [-0.15, -0.1) is 0 Å². The average Bonchev–Trinajstić information content (AvgIpc) is 2.55. The number of rotatable bonds is 2. The summed E-state index contributed by atoms with van der Waals surface area (Å²) >= 11 is 0. The molecule has 3 rings (SSSR count). The molecule has 4 nitrogen and oxygen atoms in total. The average molecular weight is 287 g/mol. The minimum atomic E-state index is 0.147. The maximum atomic E-state index is 12.4. The van der Waals surface area contributed by atoms with Crippen LogP contribution in [0.15, 0.2) is 24.5 Å². The van der Waals surface area contributed by atoms with Gasteiger partial charge in [-0.05, 0) is 30.9 Å². The highest BCUT2D eigenvalue weighted by Crippen LogP contribution is 2.28. The number of nitrogens with zero attached hydrogens (tertiary/aromatic N) is 3. The topological polar surface area (TPSA) is 36.4 Å². The Labute approximate surface area is 127 Å². The minimum absolute atomic E-state index is 0.147. The molecule has 1 saturated heterocycles. The Bertz CT molecular complexity index is 468. The number of carbonyl (C=O) groups is 1. The highest BCUT2D eigenvalue weighted by molar-refractivity contribution is 5.94.